The summed E-state index contributed by atoms with van der Waals surface area (Å²) in [7, 11) is 0. The largest absolute Gasteiger partial charge is 0.454 e. The Labute approximate surface area is 176 Å². The molecule has 2 aliphatic carbocycles. The van der Waals surface area contributed by atoms with Crippen LogP contribution in [0.25, 0.3) is 0 Å². The van der Waals surface area contributed by atoms with Gasteiger partial charge in [-0.1, -0.05) is 31.4 Å². The minimum Gasteiger partial charge on any atom is -0.454 e. The van der Waals surface area contributed by atoms with E-state index in [9.17, 15) is 9.59 Å². The highest BCUT2D eigenvalue weighted by atomic mass is 16.7. The molecule has 3 aliphatic rings. The number of amides is 2. The molecule has 0 saturated heterocycles. The number of benzene rings is 2. The fourth-order valence-corrected chi connectivity index (χ4v) is 4.51. The van der Waals surface area contributed by atoms with Gasteiger partial charge in [0, 0.05) is 17.3 Å². The molecule has 0 atom stereocenters. The van der Waals surface area contributed by atoms with Gasteiger partial charge in [0.15, 0.2) is 11.5 Å². The third-order valence-electron chi connectivity index (χ3n) is 6.40. The van der Waals surface area contributed by atoms with Crippen molar-refractivity contribution >= 4 is 23.2 Å². The molecule has 1 aliphatic heterocycles. The van der Waals surface area contributed by atoms with Crippen LogP contribution < -0.4 is 20.1 Å². The first-order valence-corrected chi connectivity index (χ1v) is 10.8. The Morgan fingerprint density at radius 1 is 0.867 bits per heavy atom. The lowest BCUT2D eigenvalue weighted by molar-refractivity contribution is -0.122. The molecular formula is C24H26N2O4. The van der Waals surface area contributed by atoms with Crippen LogP contribution in [0.15, 0.2) is 42.5 Å². The highest BCUT2D eigenvalue weighted by Crippen LogP contribution is 2.44. The summed E-state index contributed by atoms with van der Waals surface area (Å²) in [4.78, 5) is 25.6. The van der Waals surface area contributed by atoms with Gasteiger partial charge in [0.05, 0.1) is 5.41 Å². The summed E-state index contributed by atoms with van der Waals surface area (Å²) in [5.74, 6) is 1.62. The van der Waals surface area contributed by atoms with Crippen molar-refractivity contribution in [2.24, 2.45) is 5.92 Å². The van der Waals surface area contributed by atoms with E-state index in [-0.39, 0.29) is 24.5 Å². The van der Waals surface area contributed by atoms with Crippen LogP contribution in [0.3, 0.4) is 0 Å². The number of fused-ring (bicyclic) bond motifs is 1. The Bertz CT molecular complexity index is 977. The first kappa shape index (κ1) is 19.0. The van der Waals surface area contributed by atoms with E-state index < -0.39 is 5.41 Å². The number of carbonyl (C=O) groups excluding carboxylic acids is 2. The van der Waals surface area contributed by atoms with Gasteiger partial charge in [-0.15, -0.1) is 0 Å². The third kappa shape index (κ3) is 3.62. The van der Waals surface area contributed by atoms with Gasteiger partial charge in [-0.05, 0) is 61.6 Å². The molecule has 6 nitrogen and oxygen atoms in total. The lowest BCUT2D eigenvalue weighted by Crippen LogP contribution is -2.42. The summed E-state index contributed by atoms with van der Waals surface area (Å²) in [6.07, 6.45) is 6.69. The maximum absolute atomic E-state index is 13.6. The molecule has 156 valence electrons. The normalized spacial score (nSPS) is 19.2. The average Bonchev–Trinajstić information content (AvgIpc) is 3.52. The predicted octanol–water partition coefficient (Wildman–Crippen LogP) is 4.60. The molecule has 0 spiro atoms. The lowest BCUT2D eigenvalue weighted by Gasteiger charge is -2.36. The van der Waals surface area contributed by atoms with E-state index in [2.05, 4.69) is 10.6 Å². The summed E-state index contributed by atoms with van der Waals surface area (Å²) in [5, 5.41) is 6.06. The summed E-state index contributed by atoms with van der Waals surface area (Å²) in [6.45, 7) is 0.220. The van der Waals surface area contributed by atoms with Crippen LogP contribution in [-0.2, 0) is 15.0 Å². The molecule has 30 heavy (non-hydrogen) atoms. The van der Waals surface area contributed by atoms with Gasteiger partial charge in [-0.2, -0.15) is 0 Å². The van der Waals surface area contributed by atoms with Gasteiger partial charge in [-0.25, -0.2) is 0 Å². The number of nitrogens with one attached hydrogen (secondary N) is 2. The van der Waals surface area contributed by atoms with E-state index in [1.165, 1.54) is 0 Å². The van der Waals surface area contributed by atoms with Crippen molar-refractivity contribution in [3.8, 4) is 11.5 Å². The molecule has 2 N–H and O–H groups in total. The molecule has 0 unspecified atom stereocenters. The molecule has 0 aromatic heterocycles. The Morgan fingerprint density at radius 3 is 2.37 bits per heavy atom. The molecular weight excluding hydrogens is 380 g/mol. The number of hydrogen-bond acceptors (Lipinski definition) is 4. The number of hydrogen-bond donors (Lipinski definition) is 2. The number of carbonyl (C=O) groups is 2. The molecule has 5 rings (SSSR count). The van der Waals surface area contributed by atoms with Crippen LogP contribution in [0.4, 0.5) is 11.4 Å². The molecule has 1 heterocycles. The fourth-order valence-electron chi connectivity index (χ4n) is 4.51. The second-order valence-electron chi connectivity index (χ2n) is 8.51. The van der Waals surface area contributed by atoms with Crippen LogP contribution >= 0.6 is 0 Å². The highest BCUT2D eigenvalue weighted by molar-refractivity contribution is 6.00. The van der Waals surface area contributed by atoms with Crippen molar-refractivity contribution < 1.29 is 19.1 Å². The Kier molecular flexibility index (Phi) is 4.85. The van der Waals surface area contributed by atoms with E-state index in [0.29, 0.717) is 17.1 Å². The molecule has 2 fully saturated rings. The van der Waals surface area contributed by atoms with Gasteiger partial charge < -0.3 is 20.1 Å². The SMILES string of the molecule is O=C(Nc1cccc(NC(=O)C2(c3ccc4c(c3)OCO4)CCCCC2)c1)C1CC1. The molecule has 0 radical (unpaired) electrons. The van der Waals surface area contributed by atoms with Crippen molar-refractivity contribution in [1.82, 2.24) is 0 Å². The molecule has 2 aromatic rings. The van der Waals surface area contributed by atoms with Crippen molar-refractivity contribution in [3.63, 3.8) is 0 Å². The molecule has 2 amide bonds. The first-order chi connectivity index (χ1) is 14.6. The van der Waals surface area contributed by atoms with E-state index in [1.807, 2.05) is 42.5 Å². The van der Waals surface area contributed by atoms with Crippen LogP contribution in [0.2, 0.25) is 0 Å². The van der Waals surface area contributed by atoms with Crippen molar-refractivity contribution in [1.29, 1.82) is 0 Å². The van der Waals surface area contributed by atoms with Gasteiger partial charge >= 0.3 is 0 Å². The molecule has 2 saturated carbocycles. The first-order valence-electron chi connectivity index (χ1n) is 10.8. The zero-order chi connectivity index (χ0) is 20.6. The Morgan fingerprint density at radius 2 is 1.60 bits per heavy atom. The molecule has 2 aromatic carbocycles. The molecule has 0 bridgehead atoms. The minimum absolute atomic E-state index is 0.00765. The van der Waals surface area contributed by atoms with Crippen LogP contribution in [0, 0.1) is 5.92 Å². The van der Waals surface area contributed by atoms with E-state index >= 15 is 0 Å². The number of anilines is 2. The maximum atomic E-state index is 13.6. The van der Waals surface area contributed by atoms with Crippen molar-refractivity contribution in [2.75, 3.05) is 17.4 Å². The van der Waals surface area contributed by atoms with E-state index in [0.717, 1.165) is 56.3 Å². The van der Waals surface area contributed by atoms with Gasteiger partial charge in [0.2, 0.25) is 18.6 Å². The predicted molar refractivity (Wildman–Crippen MR) is 114 cm³/mol. The average molecular weight is 406 g/mol. The van der Waals surface area contributed by atoms with E-state index in [4.69, 9.17) is 9.47 Å². The third-order valence-corrected chi connectivity index (χ3v) is 6.40. The van der Waals surface area contributed by atoms with Crippen LogP contribution in [0.1, 0.15) is 50.5 Å². The van der Waals surface area contributed by atoms with Gasteiger partial charge in [0.1, 0.15) is 0 Å². The fraction of sp³-hybridized carbons (Fsp3) is 0.417. The highest BCUT2D eigenvalue weighted by Gasteiger charge is 2.42. The summed E-state index contributed by atoms with van der Waals surface area (Å²) in [5.41, 5.74) is 1.79. The Balaban J connectivity index is 1.39. The standard InChI is InChI=1S/C24H26N2O4/c27-22(16-7-8-16)25-18-5-4-6-19(14-18)26-23(28)24(11-2-1-3-12-24)17-9-10-20-21(13-17)30-15-29-20/h4-6,9-10,13-14,16H,1-3,7-8,11-12,15H2,(H,25,27)(H,26,28). The minimum atomic E-state index is -0.591. The lowest BCUT2D eigenvalue weighted by atomic mass is 9.68. The topological polar surface area (TPSA) is 76.7 Å². The number of ether oxygens (including phenoxy) is 2. The quantitative estimate of drug-likeness (QED) is 0.761. The maximum Gasteiger partial charge on any atom is 0.235 e. The van der Waals surface area contributed by atoms with Crippen molar-refractivity contribution in [3.05, 3.63) is 48.0 Å². The zero-order valence-electron chi connectivity index (χ0n) is 16.9. The number of rotatable bonds is 5. The summed E-state index contributed by atoms with van der Waals surface area (Å²) < 4.78 is 11.0. The van der Waals surface area contributed by atoms with Crippen LogP contribution in [-0.4, -0.2) is 18.6 Å². The van der Waals surface area contributed by atoms with Crippen LogP contribution in [0.5, 0.6) is 11.5 Å². The van der Waals surface area contributed by atoms with Crippen molar-refractivity contribution in [2.45, 2.75) is 50.4 Å². The van der Waals surface area contributed by atoms with E-state index in [1.54, 1.807) is 0 Å². The Hall–Kier alpha value is -3.02. The zero-order valence-corrected chi connectivity index (χ0v) is 16.9. The molecule has 6 heteroatoms. The smallest absolute Gasteiger partial charge is 0.235 e. The monoisotopic (exact) mass is 406 g/mol. The second-order valence-corrected chi connectivity index (χ2v) is 8.51. The van der Waals surface area contributed by atoms with Gasteiger partial charge in [0.25, 0.3) is 0 Å². The second kappa shape index (κ2) is 7.67. The summed E-state index contributed by atoms with van der Waals surface area (Å²) >= 11 is 0. The summed E-state index contributed by atoms with van der Waals surface area (Å²) in [6, 6.07) is 13.2. The van der Waals surface area contributed by atoms with Gasteiger partial charge in [-0.3, -0.25) is 9.59 Å².